The SMILES string of the molecule is N#Cc1ccc(C(=O)Oc2ccc3ccccc3c2CN2CCOCC2)cc1. The monoisotopic (exact) mass is 372 g/mol. The second-order valence-electron chi connectivity index (χ2n) is 6.73. The summed E-state index contributed by atoms with van der Waals surface area (Å²) in [5.74, 6) is 0.141. The molecule has 0 spiro atoms. The second-order valence-corrected chi connectivity index (χ2v) is 6.73. The van der Waals surface area contributed by atoms with Gasteiger partial charge in [-0.25, -0.2) is 4.79 Å². The topological polar surface area (TPSA) is 62.6 Å². The molecule has 1 aliphatic heterocycles. The zero-order chi connectivity index (χ0) is 19.3. The molecule has 3 aromatic carbocycles. The van der Waals surface area contributed by atoms with Gasteiger partial charge in [0, 0.05) is 25.2 Å². The third-order valence-electron chi connectivity index (χ3n) is 4.94. The molecule has 0 aliphatic carbocycles. The van der Waals surface area contributed by atoms with Crippen LogP contribution in [0.2, 0.25) is 0 Å². The Morgan fingerprint density at radius 1 is 1.04 bits per heavy atom. The number of hydrogen-bond donors (Lipinski definition) is 0. The molecule has 0 saturated carbocycles. The number of fused-ring (bicyclic) bond motifs is 1. The van der Waals surface area contributed by atoms with Crippen molar-refractivity contribution in [3.05, 3.63) is 77.4 Å². The lowest BCUT2D eigenvalue weighted by Gasteiger charge is -2.27. The van der Waals surface area contributed by atoms with E-state index in [4.69, 9.17) is 14.7 Å². The molecule has 5 heteroatoms. The van der Waals surface area contributed by atoms with Crippen LogP contribution in [0.1, 0.15) is 21.5 Å². The van der Waals surface area contributed by atoms with E-state index in [0.29, 0.717) is 36.6 Å². The molecule has 3 aromatic rings. The van der Waals surface area contributed by atoms with Crippen molar-refractivity contribution < 1.29 is 14.3 Å². The van der Waals surface area contributed by atoms with Gasteiger partial charge in [0.1, 0.15) is 5.75 Å². The molecule has 140 valence electrons. The lowest BCUT2D eigenvalue weighted by molar-refractivity contribution is 0.0339. The van der Waals surface area contributed by atoms with Crippen LogP contribution in [0.25, 0.3) is 10.8 Å². The normalized spacial score (nSPS) is 14.5. The van der Waals surface area contributed by atoms with Crippen LogP contribution in [0.5, 0.6) is 5.75 Å². The number of benzene rings is 3. The summed E-state index contributed by atoms with van der Waals surface area (Å²) in [5, 5.41) is 11.1. The van der Waals surface area contributed by atoms with Crippen molar-refractivity contribution in [1.82, 2.24) is 4.90 Å². The van der Waals surface area contributed by atoms with Gasteiger partial charge in [0.15, 0.2) is 0 Å². The minimum Gasteiger partial charge on any atom is -0.423 e. The Morgan fingerprint density at radius 2 is 1.79 bits per heavy atom. The van der Waals surface area contributed by atoms with Crippen LogP contribution in [0.15, 0.2) is 60.7 Å². The fourth-order valence-corrected chi connectivity index (χ4v) is 3.40. The lowest BCUT2D eigenvalue weighted by atomic mass is 10.0. The van der Waals surface area contributed by atoms with Crippen molar-refractivity contribution in [2.45, 2.75) is 6.54 Å². The zero-order valence-electron chi connectivity index (χ0n) is 15.4. The van der Waals surface area contributed by atoms with E-state index in [-0.39, 0.29) is 0 Å². The van der Waals surface area contributed by atoms with E-state index in [1.807, 2.05) is 30.3 Å². The van der Waals surface area contributed by atoms with Gasteiger partial charge in [-0.15, -0.1) is 0 Å². The van der Waals surface area contributed by atoms with Gasteiger partial charge in [-0.3, -0.25) is 4.90 Å². The molecule has 0 bridgehead atoms. The molecule has 1 fully saturated rings. The van der Waals surface area contributed by atoms with Gasteiger partial charge in [0.25, 0.3) is 0 Å². The Bertz CT molecular complexity index is 1030. The van der Waals surface area contributed by atoms with E-state index in [0.717, 1.165) is 29.4 Å². The van der Waals surface area contributed by atoms with E-state index in [9.17, 15) is 4.79 Å². The van der Waals surface area contributed by atoms with Crippen molar-refractivity contribution in [3.63, 3.8) is 0 Å². The predicted molar refractivity (Wildman–Crippen MR) is 106 cm³/mol. The number of carbonyl (C=O) groups excluding carboxylic acids is 1. The summed E-state index contributed by atoms with van der Waals surface area (Å²) < 4.78 is 11.2. The number of esters is 1. The molecule has 0 radical (unpaired) electrons. The highest BCUT2D eigenvalue weighted by Crippen LogP contribution is 2.30. The van der Waals surface area contributed by atoms with Gasteiger partial charge in [0.05, 0.1) is 30.4 Å². The van der Waals surface area contributed by atoms with Gasteiger partial charge in [-0.2, -0.15) is 5.26 Å². The highest BCUT2D eigenvalue weighted by atomic mass is 16.5. The van der Waals surface area contributed by atoms with Gasteiger partial charge in [0.2, 0.25) is 0 Å². The Kier molecular flexibility index (Phi) is 5.34. The Hall–Kier alpha value is -3.20. The first-order valence-corrected chi connectivity index (χ1v) is 9.27. The second kappa shape index (κ2) is 8.22. The van der Waals surface area contributed by atoms with Crippen LogP contribution in [-0.2, 0) is 11.3 Å². The summed E-state index contributed by atoms with van der Waals surface area (Å²) in [7, 11) is 0. The van der Waals surface area contributed by atoms with Crippen LogP contribution >= 0.6 is 0 Å². The Morgan fingerprint density at radius 3 is 2.54 bits per heavy atom. The number of carbonyl (C=O) groups is 1. The van der Waals surface area contributed by atoms with Gasteiger partial charge < -0.3 is 9.47 Å². The largest absolute Gasteiger partial charge is 0.423 e. The molecule has 0 N–H and O–H groups in total. The minimum absolute atomic E-state index is 0.421. The maximum Gasteiger partial charge on any atom is 0.343 e. The highest BCUT2D eigenvalue weighted by Gasteiger charge is 2.18. The molecule has 1 saturated heterocycles. The van der Waals surface area contributed by atoms with Gasteiger partial charge in [-0.1, -0.05) is 30.3 Å². The smallest absolute Gasteiger partial charge is 0.343 e. The molecular weight excluding hydrogens is 352 g/mol. The molecule has 0 unspecified atom stereocenters. The molecule has 1 aliphatic rings. The van der Waals surface area contributed by atoms with E-state index in [2.05, 4.69) is 17.0 Å². The Labute approximate surface area is 163 Å². The summed E-state index contributed by atoms with van der Waals surface area (Å²) in [6.07, 6.45) is 0. The molecule has 0 aromatic heterocycles. The van der Waals surface area contributed by atoms with Crippen molar-refractivity contribution in [2.24, 2.45) is 0 Å². The zero-order valence-corrected chi connectivity index (χ0v) is 15.4. The molecule has 0 atom stereocenters. The van der Waals surface area contributed by atoms with Crippen LogP contribution < -0.4 is 4.74 Å². The van der Waals surface area contributed by atoms with Gasteiger partial charge >= 0.3 is 5.97 Å². The molecule has 5 nitrogen and oxygen atoms in total. The quantitative estimate of drug-likeness (QED) is 0.515. The van der Waals surface area contributed by atoms with Crippen molar-refractivity contribution in [1.29, 1.82) is 5.26 Å². The summed E-state index contributed by atoms with van der Waals surface area (Å²) in [6, 6.07) is 20.5. The van der Waals surface area contributed by atoms with E-state index in [1.54, 1.807) is 24.3 Å². The maximum absolute atomic E-state index is 12.7. The van der Waals surface area contributed by atoms with Gasteiger partial charge in [-0.05, 0) is 41.1 Å². The summed E-state index contributed by atoms with van der Waals surface area (Å²) >= 11 is 0. The standard InChI is InChI=1S/C23H20N2O3/c24-15-17-5-7-19(8-6-17)23(26)28-22-10-9-18-3-1-2-4-20(18)21(22)16-25-11-13-27-14-12-25/h1-10H,11-14,16H2. The first kappa shape index (κ1) is 18.2. The van der Waals surface area contributed by atoms with Crippen molar-refractivity contribution in [3.8, 4) is 11.8 Å². The summed E-state index contributed by atoms with van der Waals surface area (Å²) in [6.45, 7) is 3.83. The van der Waals surface area contributed by atoms with Crippen LogP contribution in [-0.4, -0.2) is 37.2 Å². The molecule has 1 heterocycles. The number of nitrogens with zero attached hydrogens (tertiary/aromatic N) is 2. The molecular formula is C23H20N2O3. The maximum atomic E-state index is 12.7. The Balaban J connectivity index is 1.65. The van der Waals surface area contributed by atoms with Crippen LogP contribution in [0, 0.1) is 11.3 Å². The first-order valence-electron chi connectivity index (χ1n) is 9.27. The number of nitriles is 1. The lowest BCUT2D eigenvalue weighted by Crippen LogP contribution is -2.35. The summed E-state index contributed by atoms with van der Waals surface area (Å²) in [4.78, 5) is 15.0. The fourth-order valence-electron chi connectivity index (χ4n) is 3.40. The molecule has 28 heavy (non-hydrogen) atoms. The first-order chi connectivity index (χ1) is 13.7. The third kappa shape index (κ3) is 3.89. The highest BCUT2D eigenvalue weighted by molar-refractivity contribution is 5.93. The number of ether oxygens (including phenoxy) is 2. The van der Waals surface area contributed by atoms with Crippen LogP contribution in [0.3, 0.4) is 0 Å². The fraction of sp³-hybridized carbons (Fsp3) is 0.217. The van der Waals surface area contributed by atoms with E-state index in [1.165, 1.54) is 0 Å². The molecule has 0 amide bonds. The molecule has 4 rings (SSSR count). The average Bonchev–Trinajstić information content (AvgIpc) is 2.76. The number of rotatable bonds is 4. The van der Waals surface area contributed by atoms with Crippen LogP contribution in [0.4, 0.5) is 0 Å². The number of morpholine rings is 1. The number of hydrogen-bond acceptors (Lipinski definition) is 5. The predicted octanol–water partition coefficient (Wildman–Crippen LogP) is 3.76. The van der Waals surface area contributed by atoms with E-state index < -0.39 is 5.97 Å². The summed E-state index contributed by atoms with van der Waals surface area (Å²) in [5.41, 5.74) is 1.93. The van der Waals surface area contributed by atoms with Crippen molar-refractivity contribution in [2.75, 3.05) is 26.3 Å². The van der Waals surface area contributed by atoms with E-state index >= 15 is 0 Å². The third-order valence-corrected chi connectivity index (χ3v) is 4.94. The van der Waals surface area contributed by atoms with Crippen molar-refractivity contribution >= 4 is 16.7 Å². The minimum atomic E-state index is -0.428. The average molecular weight is 372 g/mol.